The maximum absolute atomic E-state index is 6.20. The number of aromatic nitrogens is 1. The predicted octanol–water partition coefficient (Wildman–Crippen LogP) is 4.10. The number of ether oxygens (including phenoxy) is 1. The van der Waals surface area contributed by atoms with E-state index in [1.54, 1.807) is 7.11 Å². The van der Waals surface area contributed by atoms with Crippen LogP contribution in [0.15, 0.2) is 48.5 Å². The summed E-state index contributed by atoms with van der Waals surface area (Å²) in [6.45, 7) is 0. The van der Waals surface area contributed by atoms with Crippen molar-refractivity contribution in [1.29, 1.82) is 0 Å². The molecule has 23 heavy (non-hydrogen) atoms. The average molecular weight is 304 g/mol. The quantitative estimate of drug-likeness (QED) is 0.792. The summed E-state index contributed by atoms with van der Waals surface area (Å²) in [6, 6.07) is 16.7. The standard InChI is InChI=1S/C20H20N2O/c1-23-15-9-6-13(7-10-15)12-14-8-11-17-19(14)16-4-2-3-5-18(16)22-20(17)21/h2-7,9-10,14H,8,11-12H2,1H3,(H2,21,22). The summed E-state index contributed by atoms with van der Waals surface area (Å²) < 4.78 is 5.24. The largest absolute Gasteiger partial charge is 0.497 e. The van der Waals surface area contributed by atoms with Gasteiger partial charge in [-0.1, -0.05) is 30.3 Å². The van der Waals surface area contributed by atoms with Gasteiger partial charge in [-0.25, -0.2) is 4.98 Å². The lowest BCUT2D eigenvalue weighted by Crippen LogP contribution is -2.03. The number of nitrogen functional groups attached to an aromatic ring is 1. The van der Waals surface area contributed by atoms with Gasteiger partial charge in [0.15, 0.2) is 0 Å². The molecule has 0 saturated heterocycles. The third-order valence-corrected chi connectivity index (χ3v) is 4.86. The minimum atomic E-state index is 0.508. The van der Waals surface area contributed by atoms with Crippen molar-refractivity contribution >= 4 is 16.7 Å². The fourth-order valence-corrected chi connectivity index (χ4v) is 3.74. The molecule has 0 fully saturated rings. The molecular weight excluding hydrogens is 284 g/mol. The van der Waals surface area contributed by atoms with Gasteiger partial charge in [-0.2, -0.15) is 0 Å². The fourth-order valence-electron chi connectivity index (χ4n) is 3.74. The third kappa shape index (κ3) is 2.42. The number of anilines is 1. The van der Waals surface area contributed by atoms with E-state index in [0.29, 0.717) is 11.7 Å². The summed E-state index contributed by atoms with van der Waals surface area (Å²) >= 11 is 0. The molecule has 3 aromatic rings. The number of fused-ring (bicyclic) bond motifs is 3. The van der Waals surface area contributed by atoms with Crippen molar-refractivity contribution in [3.63, 3.8) is 0 Å². The van der Waals surface area contributed by atoms with Gasteiger partial charge in [0.1, 0.15) is 11.6 Å². The molecule has 1 aliphatic rings. The number of hydrogen-bond donors (Lipinski definition) is 1. The predicted molar refractivity (Wildman–Crippen MR) is 93.9 cm³/mol. The van der Waals surface area contributed by atoms with Gasteiger partial charge in [-0.15, -0.1) is 0 Å². The van der Waals surface area contributed by atoms with Crippen LogP contribution in [0.5, 0.6) is 5.75 Å². The highest BCUT2D eigenvalue weighted by Gasteiger charge is 2.27. The summed E-state index contributed by atoms with van der Waals surface area (Å²) in [5.74, 6) is 2.11. The zero-order valence-electron chi connectivity index (χ0n) is 13.3. The van der Waals surface area contributed by atoms with Gasteiger partial charge in [0.25, 0.3) is 0 Å². The highest BCUT2D eigenvalue weighted by molar-refractivity contribution is 5.87. The lowest BCUT2D eigenvalue weighted by atomic mass is 9.91. The van der Waals surface area contributed by atoms with Crippen LogP contribution in [0.3, 0.4) is 0 Å². The average Bonchev–Trinajstić information content (AvgIpc) is 3.00. The second-order valence-electron chi connectivity index (χ2n) is 6.19. The van der Waals surface area contributed by atoms with Crippen LogP contribution >= 0.6 is 0 Å². The van der Waals surface area contributed by atoms with E-state index < -0.39 is 0 Å². The molecule has 1 unspecified atom stereocenters. The van der Waals surface area contributed by atoms with E-state index in [-0.39, 0.29) is 0 Å². The molecular formula is C20H20N2O. The molecule has 3 nitrogen and oxygen atoms in total. The minimum absolute atomic E-state index is 0.508. The van der Waals surface area contributed by atoms with Crippen LogP contribution in [0.2, 0.25) is 0 Å². The molecule has 2 aromatic carbocycles. The zero-order chi connectivity index (χ0) is 15.8. The first-order chi connectivity index (χ1) is 11.3. The van der Waals surface area contributed by atoms with Crippen LogP contribution in [0.25, 0.3) is 10.9 Å². The summed E-state index contributed by atoms with van der Waals surface area (Å²) in [5, 5.41) is 1.26. The van der Waals surface area contributed by atoms with Crippen molar-refractivity contribution in [3.8, 4) is 5.75 Å². The molecule has 1 heterocycles. The summed E-state index contributed by atoms with van der Waals surface area (Å²) in [7, 11) is 1.70. The number of hydrogen-bond acceptors (Lipinski definition) is 3. The number of benzene rings is 2. The lowest BCUT2D eigenvalue weighted by Gasteiger charge is -2.15. The first-order valence-electron chi connectivity index (χ1n) is 8.06. The van der Waals surface area contributed by atoms with Crippen molar-refractivity contribution in [1.82, 2.24) is 4.98 Å². The van der Waals surface area contributed by atoms with E-state index in [1.165, 1.54) is 22.1 Å². The molecule has 0 amide bonds. The Hall–Kier alpha value is -2.55. The Bertz CT molecular complexity index is 855. The normalized spacial score (nSPS) is 16.5. The second kappa shape index (κ2) is 5.58. The Morgan fingerprint density at radius 2 is 1.91 bits per heavy atom. The number of nitrogens with two attached hydrogens (primary N) is 1. The van der Waals surface area contributed by atoms with Crippen LogP contribution in [-0.2, 0) is 12.8 Å². The highest BCUT2D eigenvalue weighted by atomic mass is 16.5. The molecule has 0 aliphatic heterocycles. The first kappa shape index (κ1) is 14.1. The molecule has 2 N–H and O–H groups in total. The van der Waals surface area contributed by atoms with Crippen LogP contribution < -0.4 is 10.5 Å². The number of nitrogens with zero attached hydrogens (tertiary/aromatic N) is 1. The molecule has 1 aliphatic carbocycles. The number of para-hydroxylation sites is 1. The van der Waals surface area contributed by atoms with Crippen LogP contribution in [-0.4, -0.2) is 12.1 Å². The minimum Gasteiger partial charge on any atom is -0.497 e. The van der Waals surface area contributed by atoms with E-state index in [1.807, 2.05) is 18.2 Å². The van der Waals surface area contributed by atoms with Gasteiger partial charge in [0, 0.05) is 5.39 Å². The van der Waals surface area contributed by atoms with Crippen LogP contribution in [0.1, 0.15) is 29.0 Å². The van der Waals surface area contributed by atoms with Crippen LogP contribution in [0, 0.1) is 0 Å². The maximum atomic E-state index is 6.20. The van der Waals surface area contributed by atoms with E-state index in [9.17, 15) is 0 Å². The zero-order valence-corrected chi connectivity index (χ0v) is 13.3. The van der Waals surface area contributed by atoms with Crippen molar-refractivity contribution in [2.75, 3.05) is 12.8 Å². The van der Waals surface area contributed by atoms with E-state index in [2.05, 4.69) is 35.3 Å². The molecule has 1 aromatic heterocycles. The molecule has 1 atom stereocenters. The Morgan fingerprint density at radius 3 is 2.70 bits per heavy atom. The van der Waals surface area contributed by atoms with Gasteiger partial charge >= 0.3 is 0 Å². The van der Waals surface area contributed by atoms with Crippen molar-refractivity contribution in [2.24, 2.45) is 0 Å². The molecule has 0 spiro atoms. The molecule has 3 heteroatoms. The number of methoxy groups -OCH3 is 1. The second-order valence-corrected chi connectivity index (χ2v) is 6.19. The monoisotopic (exact) mass is 304 g/mol. The fraction of sp³-hybridized carbons (Fsp3) is 0.250. The molecule has 0 saturated carbocycles. The van der Waals surface area contributed by atoms with Gasteiger partial charge in [0.05, 0.1) is 12.6 Å². The Morgan fingerprint density at radius 1 is 1.13 bits per heavy atom. The summed E-state index contributed by atoms with van der Waals surface area (Å²) in [5.41, 5.74) is 11.2. The number of pyridine rings is 1. The van der Waals surface area contributed by atoms with Gasteiger partial charge in [-0.05, 0) is 60.1 Å². The maximum Gasteiger partial charge on any atom is 0.127 e. The topological polar surface area (TPSA) is 48.1 Å². The Balaban J connectivity index is 1.74. The highest BCUT2D eigenvalue weighted by Crippen LogP contribution is 2.41. The van der Waals surface area contributed by atoms with E-state index in [4.69, 9.17) is 10.5 Å². The number of rotatable bonds is 3. The summed E-state index contributed by atoms with van der Waals surface area (Å²) in [4.78, 5) is 4.57. The van der Waals surface area contributed by atoms with Gasteiger partial charge in [0.2, 0.25) is 0 Å². The molecule has 4 rings (SSSR count). The Kier molecular flexibility index (Phi) is 3.41. The Labute approximate surface area is 136 Å². The van der Waals surface area contributed by atoms with Crippen molar-refractivity contribution < 1.29 is 4.74 Å². The molecule has 116 valence electrons. The van der Waals surface area contributed by atoms with E-state index >= 15 is 0 Å². The van der Waals surface area contributed by atoms with Gasteiger partial charge in [-0.3, -0.25) is 0 Å². The third-order valence-electron chi connectivity index (χ3n) is 4.86. The SMILES string of the molecule is COc1ccc(CC2CCc3c(N)nc4ccccc4c32)cc1. The molecule has 0 bridgehead atoms. The van der Waals surface area contributed by atoms with Crippen molar-refractivity contribution in [2.45, 2.75) is 25.2 Å². The lowest BCUT2D eigenvalue weighted by molar-refractivity contribution is 0.414. The van der Waals surface area contributed by atoms with Crippen LogP contribution in [0.4, 0.5) is 5.82 Å². The molecule has 0 radical (unpaired) electrons. The summed E-state index contributed by atoms with van der Waals surface area (Å²) in [6.07, 6.45) is 3.20. The van der Waals surface area contributed by atoms with Crippen molar-refractivity contribution in [3.05, 3.63) is 65.2 Å². The van der Waals surface area contributed by atoms with E-state index in [0.717, 1.165) is 30.5 Å². The van der Waals surface area contributed by atoms with Gasteiger partial charge < -0.3 is 10.5 Å². The smallest absolute Gasteiger partial charge is 0.127 e. The first-order valence-corrected chi connectivity index (χ1v) is 8.06.